The van der Waals surface area contributed by atoms with E-state index in [0.29, 0.717) is 11.3 Å². The first-order valence-electron chi connectivity index (χ1n) is 5.46. The molecule has 4 heteroatoms. The lowest BCUT2D eigenvalue weighted by molar-refractivity contribution is 0.102. The quantitative estimate of drug-likeness (QED) is 0.561. The highest BCUT2D eigenvalue weighted by atomic mass is 16.3. The summed E-state index contributed by atoms with van der Waals surface area (Å²) in [5, 5.41) is 21.1. The number of aryl methyl sites for hydroxylation is 1. The molecule has 0 heterocycles. The molecule has 0 aliphatic carbocycles. The molecule has 92 valence electrons. The van der Waals surface area contributed by atoms with Crippen LogP contribution in [-0.4, -0.2) is 16.1 Å². The molecule has 0 bridgehead atoms. The second-order valence-corrected chi connectivity index (χ2v) is 4.03. The van der Waals surface area contributed by atoms with Gasteiger partial charge in [-0.1, -0.05) is 17.7 Å². The maximum Gasteiger partial charge on any atom is 0.255 e. The molecule has 0 aliphatic heterocycles. The molecule has 0 aliphatic rings. The fraction of sp³-hybridized carbons (Fsp3) is 0.0714. The van der Waals surface area contributed by atoms with Crippen molar-refractivity contribution in [1.82, 2.24) is 0 Å². The standard InChI is InChI=1S/C14H13NO3/c1-9-3-2-4-10(7-9)14(18)15-11-5-6-12(16)13(17)8-11/h2-8,16-17H,1H3,(H,15,18). The number of anilines is 1. The number of rotatable bonds is 2. The van der Waals surface area contributed by atoms with Gasteiger partial charge in [-0.3, -0.25) is 4.79 Å². The predicted octanol–water partition coefficient (Wildman–Crippen LogP) is 2.66. The molecule has 3 N–H and O–H groups in total. The lowest BCUT2D eigenvalue weighted by Gasteiger charge is -2.07. The van der Waals surface area contributed by atoms with Gasteiger partial charge in [0.2, 0.25) is 0 Å². The van der Waals surface area contributed by atoms with Crippen LogP contribution in [0.15, 0.2) is 42.5 Å². The minimum Gasteiger partial charge on any atom is -0.504 e. The topological polar surface area (TPSA) is 69.6 Å². The number of phenolic OH excluding ortho intramolecular Hbond substituents is 2. The number of phenols is 2. The summed E-state index contributed by atoms with van der Waals surface area (Å²) in [6.45, 7) is 1.91. The van der Waals surface area contributed by atoms with Gasteiger partial charge in [0.05, 0.1) is 0 Å². The average molecular weight is 243 g/mol. The zero-order valence-corrected chi connectivity index (χ0v) is 9.84. The Morgan fingerprint density at radius 3 is 2.50 bits per heavy atom. The highest BCUT2D eigenvalue weighted by molar-refractivity contribution is 6.04. The molecule has 0 spiro atoms. The van der Waals surface area contributed by atoms with Crippen molar-refractivity contribution in [2.45, 2.75) is 6.92 Å². The Hall–Kier alpha value is -2.49. The van der Waals surface area contributed by atoms with Crippen LogP contribution >= 0.6 is 0 Å². The summed E-state index contributed by atoms with van der Waals surface area (Å²) >= 11 is 0. The van der Waals surface area contributed by atoms with Gasteiger partial charge in [0.1, 0.15) is 0 Å². The molecule has 0 fully saturated rings. The van der Waals surface area contributed by atoms with Crippen molar-refractivity contribution in [1.29, 1.82) is 0 Å². The van der Waals surface area contributed by atoms with E-state index in [1.54, 1.807) is 18.2 Å². The Morgan fingerprint density at radius 2 is 1.83 bits per heavy atom. The summed E-state index contributed by atoms with van der Waals surface area (Å²) < 4.78 is 0. The van der Waals surface area contributed by atoms with Crippen molar-refractivity contribution < 1.29 is 15.0 Å². The molecule has 0 aromatic heterocycles. The lowest BCUT2D eigenvalue weighted by Crippen LogP contribution is -2.11. The van der Waals surface area contributed by atoms with Gasteiger partial charge < -0.3 is 15.5 Å². The van der Waals surface area contributed by atoms with Gasteiger partial charge in [0.25, 0.3) is 5.91 Å². The van der Waals surface area contributed by atoms with E-state index in [1.807, 2.05) is 13.0 Å². The molecule has 2 aromatic carbocycles. The van der Waals surface area contributed by atoms with Crippen LogP contribution < -0.4 is 5.32 Å². The minimum atomic E-state index is -0.267. The first-order valence-corrected chi connectivity index (χ1v) is 5.46. The van der Waals surface area contributed by atoms with Crippen LogP contribution in [0.25, 0.3) is 0 Å². The molecule has 0 saturated carbocycles. The number of nitrogens with one attached hydrogen (secondary N) is 1. The van der Waals surface area contributed by atoms with Gasteiger partial charge in [-0.15, -0.1) is 0 Å². The summed E-state index contributed by atoms with van der Waals surface area (Å²) in [6.07, 6.45) is 0. The highest BCUT2D eigenvalue weighted by Gasteiger charge is 2.07. The van der Waals surface area contributed by atoms with Crippen molar-refractivity contribution in [3.05, 3.63) is 53.6 Å². The van der Waals surface area contributed by atoms with Gasteiger partial charge in [0, 0.05) is 17.3 Å². The number of hydrogen-bond donors (Lipinski definition) is 3. The fourth-order valence-corrected chi connectivity index (χ4v) is 1.59. The number of benzene rings is 2. The van der Waals surface area contributed by atoms with E-state index in [-0.39, 0.29) is 17.4 Å². The zero-order chi connectivity index (χ0) is 13.1. The van der Waals surface area contributed by atoms with Crippen LogP contribution in [0.1, 0.15) is 15.9 Å². The maximum atomic E-state index is 11.9. The van der Waals surface area contributed by atoms with E-state index in [1.165, 1.54) is 18.2 Å². The molecular formula is C14H13NO3. The van der Waals surface area contributed by atoms with Crippen LogP contribution in [0.5, 0.6) is 11.5 Å². The second-order valence-electron chi connectivity index (χ2n) is 4.03. The van der Waals surface area contributed by atoms with Crippen molar-refractivity contribution in [3.8, 4) is 11.5 Å². The molecule has 18 heavy (non-hydrogen) atoms. The molecular weight excluding hydrogens is 230 g/mol. The Labute approximate surface area is 105 Å². The summed E-state index contributed by atoms with van der Waals surface area (Å²) in [5.74, 6) is -0.746. The third-order valence-electron chi connectivity index (χ3n) is 2.51. The number of aromatic hydroxyl groups is 2. The van der Waals surface area contributed by atoms with Crippen molar-refractivity contribution in [2.75, 3.05) is 5.32 Å². The van der Waals surface area contributed by atoms with Crippen LogP contribution in [0, 0.1) is 6.92 Å². The van der Waals surface area contributed by atoms with Gasteiger partial charge in [-0.05, 0) is 31.2 Å². The fourth-order valence-electron chi connectivity index (χ4n) is 1.59. The molecule has 0 radical (unpaired) electrons. The van der Waals surface area contributed by atoms with E-state index in [9.17, 15) is 9.90 Å². The molecule has 2 aromatic rings. The second kappa shape index (κ2) is 4.79. The number of carbonyl (C=O) groups is 1. The lowest BCUT2D eigenvalue weighted by atomic mass is 10.1. The van der Waals surface area contributed by atoms with Crippen LogP contribution in [0.3, 0.4) is 0 Å². The van der Waals surface area contributed by atoms with Crippen molar-refractivity contribution in [2.24, 2.45) is 0 Å². The van der Waals surface area contributed by atoms with Gasteiger partial charge in [0.15, 0.2) is 11.5 Å². The van der Waals surface area contributed by atoms with Crippen molar-refractivity contribution >= 4 is 11.6 Å². The number of carbonyl (C=O) groups excluding carboxylic acids is 1. The molecule has 0 atom stereocenters. The van der Waals surface area contributed by atoms with Crippen molar-refractivity contribution in [3.63, 3.8) is 0 Å². The number of hydrogen-bond acceptors (Lipinski definition) is 3. The summed E-state index contributed by atoms with van der Waals surface area (Å²) in [6, 6.07) is 11.3. The zero-order valence-electron chi connectivity index (χ0n) is 9.84. The van der Waals surface area contributed by atoms with Crippen LogP contribution in [0.2, 0.25) is 0 Å². The Balaban J connectivity index is 2.18. The summed E-state index contributed by atoms with van der Waals surface area (Å²) in [5.41, 5.74) is 1.97. The van der Waals surface area contributed by atoms with Gasteiger partial charge in [-0.2, -0.15) is 0 Å². The number of amides is 1. The average Bonchev–Trinajstić information content (AvgIpc) is 2.34. The van der Waals surface area contributed by atoms with E-state index >= 15 is 0 Å². The van der Waals surface area contributed by atoms with E-state index in [2.05, 4.69) is 5.32 Å². The monoisotopic (exact) mass is 243 g/mol. The predicted molar refractivity (Wildman–Crippen MR) is 68.9 cm³/mol. The Kier molecular flexibility index (Phi) is 3.19. The minimum absolute atomic E-state index is 0.219. The van der Waals surface area contributed by atoms with E-state index < -0.39 is 0 Å². The van der Waals surface area contributed by atoms with Crippen LogP contribution in [-0.2, 0) is 0 Å². The molecule has 4 nitrogen and oxygen atoms in total. The largest absolute Gasteiger partial charge is 0.504 e. The smallest absolute Gasteiger partial charge is 0.255 e. The van der Waals surface area contributed by atoms with Gasteiger partial charge >= 0.3 is 0 Å². The SMILES string of the molecule is Cc1cccc(C(=O)Nc2ccc(O)c(O)c2)c1. The normalized spacial score (nSPS) is 10.1. The van der Waals surface area contributed by atoms with E-state index in [4.69, 9.17) is 5.11 Å². The third kappa shape index (κ3) is 2.60. The Bertz CT molecular complexity index is 593. The molecule has 2 rings (SSSR count). The summed E-state index contributed by atoms with van der Waals surface area (Å²) in [7, 11) is 0. The first kappa shape index (κ1) is 12.0. The highest BCUT2D eigenvalue weighted by Crippen LogP contribution is 2.27. The molecule has 1 amide bonds. The Morgan fingerprint density at radius 1 is 1.06 bits per heavy atom. The molecule has 0 saturated heterocycles. The van der Waals surface area contributed by atoms with Crippen LogP contribution in [0.4, 0.5) is 5.69 Å². The summed E-state index contributed by atoms with van der Waals surface area (Å²) in [4.78, 5) is 11.9. The first-order chi connectivity index (χ1) is 8.56. The molecule has 0 unspecified atom stereocenters. The van der Waals surface area contributed by atoms with Gasteiger partial charge in [-0.25, -0.2) is 0 Å². The maximum absolute atomic E-state index is 11.9. The third-order valence-corrected chi connectivity index (χ3v) is 2.51. The van der Waals surface area contributed by atoms with E-state index in [0.717, 1.165) is 5.56 Å².